The summed E-state index contributed by atoms with van der Waals surface area (Å²) in [6.45, 7) is 1.38. The van der Waals surface area contributed by atoms with Gasteiger partial charge >= 0.3 is 0 Å². The standard InChI is InChI=1S/C15H18N4O2/c1-20-5-3-10-7-12-13-9-16-18-15(13)19-17-14(12)8-11(10)4-6-21-2/h7-9H,3-6H2,1-2H3,(H,16,18,19). The van der Waals surface area contributed by atoms with Gasteiger partial charge in [0.25, 0.3) is 0 Å². The minimum Gasteiger partial charge on any atom is -0.384 e. The molecule has 0 fully saturated rings. The first-order chi connectivity index (χ1) is 10.3. The molecule has 0 aliphatic rings. The Morgan fingerprint density at radius 2 is 1.67 bits per heavy atom. The van der Waals surface area contributed by atoms with Crippen molar-refractivity contribution in [3.05, 3.63) is 29.5 Å². The van der Waals surface area contributed by atoms with Crippen molar-refractivity contribution in [3.8, 4) is 0 Å². The molecule has 0 unspecified atom stereocenters. The summed E-state index contributed by atoms with van der Waals surface area (Å²) >= 11 is 0. The quantitative estimate of drug-likeness (QED) is 0.749. The lowest BCUT2D eigenvalue weighted by molar-refractivity contribution is 0.198. The van der Waals surface area contributed by atoms with Crippen LogP contribution in [-0.4, -0.2) is 47.8 Å². The number of methoxy groups -OCH3 is 2. The van der Waals surface area contributed by atoms with E-state index in [1.165, 1.54) is 11.1 Å². The van der Waals surface area contributed by atoms with Crippen LogP contribution in [0, 0.1) is 0 Å². The second-order valence-electron chi connectivity index (χ2n) is 4.96. The van der Waals surface area contributed by atoms with Crippen LogP contribution in [0.1, 0.15) is 11.1 Å². The van der Waals surface area contributed by atoms with Crippen LogP contribution in [0.2, 0.25) is 0 Å². The molecule has 0 spiro atoms. The van der Waals surface area contributed by atoms with Gasteiger partial charge < -0.3 is 9.47 Å². The molecule has 0 saturated heterocycles. The zero-order valence-corrected chi connectivity index (χ0v) is 12.2. The molecule has 1 N–H and O–H groups in total. The lowest BCUT2D eigenvalue weighted by atomic mass is 9.98. The Bertz CT molecular complexity index is 754. The number of H-pyrrole nitrogens is 1. The van der Waals surface area contributed by atoms with E-state index in [4.69, 9.17) is 9.47 Å². The van der Waals surface area contributed by atoms with E-state index < -0.39 is 0 Å². The van der Waals surface area contributed by atoms with Gasteiger partial charge in [-0.2, -0.15) is 5.10 Å². The number of benzene rings is 1. The van der Waals surface area contributed by atoms with E-state index in [1.807, 2.05) is 0 Å². The maximum atomic E-state index is 5.21. The number of fused-ring (bicyclic) bond motifs is 3. The van der Waals surface area contributed by atoms with Gasteiger partial charge in [-0.3, -0.25) is 5.10 Å². The molecule has 1 aromatic carbocycles. The summed E-state index contributed by atoms with van der Waals surface area (Å²) in [7, 11) is 3.43. The molecule has 3 rings (SSSR count). The minimum atomic E-state index is 0.687. The summed E-state index contributed by atoms with van der Waals surface area (Å²) in [5, 5.41) is 17.4. The third kappa shape index (κ3) is 2.72. The van der Waals surface area contributed by atoms with E-state index in [0.29, 0.717) is 18.9 Å². The van der Waals surface area contributed by atoms with Crippen molar-refractivity contribution >= 4 is 21.9 Å². The third-order valence-corrected chi connectivity index (χ3v) is 3.64. The first-order valence-corrected chi connectivity index (χ1v) is 6.92. The van der Waals surface area contributed by atoms with E-state index in [0.717, 1.165) is 29.1 Å². The number of ether oxygens (including phenoxy) is 2. The highest BCUT2D eigenvalue weighted by Crippen LogP contribution is 2.25. The lowest BCUT2D eigenvalue weighted by Crippen LogP contribution is -2.04. The Morgan fingerprint density at radius 3 is 2.38 bits per heavy atom. The summed E-state index contributed by atoms with van der Waals surface area (Å²) in [6, 6.07) is 4.27. The molecule has 0 aliphatic carbocycles. The Morgan fingerprint density at radius 1 is 0.952 bits per heavy atom. The summed E-state index contributed by atoms with van der Waals surface area (Å²) in [6.07, 6.45) is 3.52. The van der Waals surface area contributed by atoms with Crippen LogP contribution >= 0.6 is 0 Å². The van der Waals surface area contributed by atoms with E-state index in [1.54, 1.807) is 20.4 Å². The monoisotopic (exact) mass is 286 g/mol. The molecule has 0 radical (unpaired) electrons. The van der Waals surface area contributed by atoms with Gasteiger partial charge in [-0.15, -0.1) is 10.2 Å². The van der Waals surface area contributed by atoms with Crippen LogP contribution in [0.4, 0.5) is 0 Å². The number of nitrogens with zero attached hydrogens (tertiary/aromatic N) is 3. The summed E-state index contributed by atoms with van der Waals surface area (Å²) in [5.74, 6) is 0. The summed E-state index contributed by atoms with van der Waals surface area (Å²) in [4.78, 5) is 0. The highest BCUT2D eigenvalue weighted by molar-refractivity contribution is 6.02. The van der Waals surface area contributed by atoms with Gasteiger partial charge in [-0.1, -0.05) is 0 Å². The van der Waals surface area contributed by atoms with Crippen molar-refractivity contribution in [3.63, 3.8) is 0 Å². The van der Waals surface area contributed by atoms with Gasteiger partial charge in [-0.05, 0) is 36.1 Å². The van der Waals surface area contributed by atoms with Crippen LogP contribution in [0.3, 0.4) is 0 Å². The highest BCUT2D eigenvalue weighted by Gasteiger charge is 2.10. The molecular weight excluding hydrogens is 268 g/mol. The van der Waals surface area contributed by atoms with E-state index >= 15 is 0 Å². The highest BCUT2D eigenvalue weighted by atomic mass is 16.5. The molecule has 21 heavy (non-hydrogen) atoms. The first kappa shape index (κ1) is 13.9. The Kier molecular flexibility index (Phi) is 4.08. The molecule has 0 saturated carbocycles. The van der Waals surface area contributed by atoms with Crippen LogP contribution in [-0.2, 0) is 22.3 Å². The molecule has 110 valence electrons. The molecule has 3 aromatic rings. The van der Waals surface area contributed by atoms with Gasteiger partial charge in [0.2, 0.25) is 0 Å². The molecule has 6 nitrogen and oxygen atoms in total. The van der Waals surface area contributed by atoms with Gasteiger partial charge in [0.1, 0.15) is 0 Å². The predicted molar refractivity (Wildman–Crippen MR) is 80.3 cm³/mol. The molecule has 0 aliphatic heterocycles. The summed E-state index contributed by atoms with van der Waals surface area (Å²) < 4.78 is 10.4. The molecule has 2 aromatic heterocycles. The average Bonchev–Trinajstić information content (AvgIpc) is 2.99. The van der Waals surface area contributed by atoms with E-state index in [-0.39, 0.29) is 0 Å². The topological polar surface area (TPSA) is 72.9 Å². The third-order valence-electron chi connectivity index (χ3n) is 3.64. The Hall–Kier alpha value is -2.05. The minimum absolute atomic E-state index is 0.687. The van der Waals surface area contributed by atoms with Gasteiger partial charge in [0, 0.05) is 19.6 Å². The molecule has 2 heterocycles. The van der Waals surface area contributed by atoms with E-state index in [2.05, 4.69) is 32.5 Å². The fourth-order valence-corrected chi connectivity index (χ4v) is 2.52. The molecule has 0 atom stereocenters. The number of aromatic nitrogens is 4. The van der Waals surface area contributed by atoms with E-state index in [9.17, 15) is 0 Å². The molecular formula is C15H18N4O2. The second-order valence-corrected chi connectivity index (χ2v) is 4.96. The fraction of sp³-hybridized carbons (Fsp3) is 0.400. The van der Waals surface area contributed by atoms with Gasteiger partial charge in [0.15, 0.2) is 5.65 Å². The lowest BCUT2D eigenvalue weighted by Gasteiger charge is -2.11. The molecule has 0 amide bonds. The predicted octanol–water partition coefficient (Wildman–Crippen LogP) is 1.88. The molecule has 0 bridgehead atoms. The van der Waals surface area contributed by atoms with Crippen LogP contribution in [0.15, 0.2) is 18.3 Å². The SMILES string of the molecule is COCCc1cc2nnc3[nH]ncc3c2cc1CCOC. The van der Waals surface area contributed by atoms with Gasteiger partial charge in [0.05, 0.1) is 30.3 Å². The number of hydrogen-bond donors (Lipinski definition) is 1. The van der Waals surface area contributed by atoms with Crippen LogP contribution < -0.4 is 0 Å². The van der Waals surface area contributed by atoms with Crippen molar-refractivity contribution in [1.29, 1.82) is 0 Å². The second kappa shape index (κ2) is 6.15. The van der Waals surface area contributed by atoms with Crippen molar-refractivity contribution in [1.82, 2.24) is 20.4 Å². The summed E-state index contributed by atoms with van der Waals surface area (Å²) in [5.41, 5.74) is 4.09. The zero-order valence-electron chi connectivity index (χ0n) is 12.2. The van der Waals surface area contributed by atoms with Crippen molar-refractivity contribution < 1.29 is 9.47 Å². The maximum Gasteiger partial charge on any atom is 0.178 e. The zero-order chi connectivity index (χ0) is 14.7. The Labute approximate surface area is 122 Å². The number of hydrogen-bond acceptors (Lipinski definition) is 5. The number of nitrogens with one attached hydrogen (secondary N) is 1. The Balaban J connectivity index is 2.12. The maximum absolute atomic E-state index is 5.21. The largest absolute Gasteiger partial charge is 0.384 e. The van der Waals surface area contributed by atoms with Crippen molar-refractivity contribution in [2.75, 3.05) is 27.4 Å². The average molecular weight is 286 g/mol. The van der Waals surface area contributed by atoms with Crippen LogP contribution in [0.25, 0.3) is 21.9 Å². The number of rotatable bonds is 6. The number of aromatic amines is 1. The van der Waals surface area contributed by atoms with Crippen LogP contribution in [0.5, 0.6) is 0 Å². The smallest absolute Gasteiger partial charge is 0.178 e. The normalized spacial score (nSPS) is 11.5. The molecule has 6 heteroatoms. The van der Waals surface area contributed by atoms with Crippen molar-refractivity contribution in [2.45, 2.75) is 12.8 Å². The van der Waals surface area contributed by atoms with Crippen molar-refractivity contribution in [2.24, 2.45) is 0 Å². The van der Waals surface area contributed by atoms with Gasteiger partial charge in [-0.25, -0.2) is 0 Å². The first-order valence-electron chi connectivity index (χ1n) is 6.92. The fourth-order valence-electron chi connectivity index (χ4n) is 2.52.